The van der Waals surface area contributed by atoms with Crippen LogP contribution in [0.1, 0.15) is 18.9 Å². The van der Waals surface area contributed by atoms with Crippen molar-refractivity contribution in [2.75, 3.05) is 6.61 Å². The van der Waals surface area contributed by atoms with Gasteiger partial charge in [-0.1, -0.05) is 12.1 Å². The lowest BCUT2D eigenvalue weighted by atomic mass is 9.88. The van der Waals surface area contributed by atoms with Crippen LogP contribution in [0.2, 0.25) is 0 Å². The van der Waals surface area contributed by atoms with Crippen LogP contribution >= 0.6 is 0 Å². The summed E-state index contributed by atoms with van der Waals surface area (Å²) in [6, 6.07) is 6.84. The van der Waals surface area contributed by atoms with Crippen LogP contribution in [0.25, 0.3) is 0 Å². The van der Waals surface area contributed by atoms with Gasteiger partial charge in [-0.2, -0.15) is 0 Å². The molecular formula is C11H13NO3. The van der Waals surface area contributed by atoms with E-state index in [9.17, 15) is 9.90 Å². The van der Waals surface area contributed by atoms with Crippen molar-refractivity contribution in [3.8, 4) is 5.75 Å². The molecule has 1 atom stereocenters. The molecule has 4 nitrogen and oxygen atoms in total. The van der Waals surface area contributed by atoms with Gasteiger partial charge in [-0.15, -0.1) is 0 Å². The highest BCUT2D eigenvalue weighted by molar-refractivity contribution is 5.69. The normalized spacial score (nSPS) is 25.5. The van der Waals surface area contributed by atoms with E-state index in [1.165, 1.54) is 0 Å². The molecule has 0 spiro atoms. The first-order chi connectivity index (χ1) is 7.10. The highest BCUT2D eigenvalue weighted by Gasteiger charge is 2.32. The molecule has 15 heavy (non-hydrogen) atoms. The van der Waals surface area contributed by atoms with Gasteiger partial charge in [0.1, 0.15) is 5.75 Å². The minimum absolute atomic E-state index is 0.223. The minimum Gasteiger partial charge on any atom is -0.508 e. The Morgan fingerprint density at radius 2 is 2.07 bits per heavy atom. The van der Waals surface area contributed by atoms with Gasteiger partial charge >= 0.3 is 6.09 Å². The van der Waals surface area contributed by atoms with Gasteiger partial charge in [0.2, 0.25) is 0 Å². The number of amides is 1. The Balaban J connectivity index is 2.28. The SMILES string of the molecule is CC1(c2ccc(O)cc2)CCOC(=O)N1. The van der Waals surface area contributed by atoms with E-state index in [0.717, 1.165) is 12.0 Å². The summed E-state index contributed by atoms with van der Waals surface area (Å²) in [6.45, 7) is 2.36. The molecule has 0 radical (unpaired) electrons. The lowest BCUT2D eigenvalue weighted by molar-refractivity contribution is 0.0916. The quantitative estimate of drug-likeness (QED) is 0.737. The maximum absolute atomic E-state index is 11.1. The molecule has 1 aliphatic rings. The van der Waals surface area contributed by atoms with Crippen LogP contribution in [0.15, 0.2) is 24.3 Å². The maximum Gasteiger partial charge on any atom is 0.407 e. The monoisotopic (exact) mass is 207 g/mol. The minimum atomic E-state index is -0.400. The van der Waals surface area contributed by atoms with Crippen molar-refractivity contribution in [1.29, 1.82) is 0 Å². The third-order valence-electron chi connectivity index (χ3n) is 2.72. The lowest BCUT2D eigenvalue weighted by Gasteiger charge is -2.34. The molecule has 1 aromatic rings. The number of carbonyl (C=O) groups excluding carboxylic acids is 1. The van der Waals surface area contributed by atoms with Crippen LogP contribution in [0.3, 0.4) is 0 Å². The molecule has 4 heteroatoms. The van der Waals surface area contributed by atoms with Gasteiger partial charge in [0, 0.05) is 6.42 Å². The van der Waals surface area contributed by atoms with Crippen molar-refractivity contribution in [2.45, 2.75) is 18.9 Å². The zero-order valence-electron chi connectivity index (χ0n) is 8.49. The molecule has 1 aromatic carbocycles. The average Bonchev–Trinajstić information content (AvgIpc) is 2.18. The lowest BCUT2D eigenvalue weighted by Crippen LogP contribution is -2.48. The van der Waals surface area contributed by atoms with Gasteiger partial charge in [-0.05, 0) is 24.6 Å². The van der Waals surface area contributed by atoms with Crippen molar-refractivity contribution >= 4 is 6.09 Å². The van der Waals surface area contributed by atoms with Gasteiger partial charge in [0.05, 0.1) is 12.1 Å². The van der Waals surface area contributed by atoms with Crippen molar-refractivity contribution in [3.63, 3.8) is 0 Å². The molecule has 1 aliphatic heterocycles. The van der Waals surface area contributed by atoms with Crippen LogP contribution in [0.4, 0.5) is 4.79 Å². The van der Waals surface area contributed by atoms with E-state index in [1.54, 1.807) is 24.3 Å². The zero-order valence-corrected chi connectivity index (χ0v) is 8.49. The van der Waals surface area contributed by atoms with Crippen LogP contribution in [-0.2, 0) is 10.3 Å². The topological polar surface area (TPSA) is 58.6 Å². The smallest absolute Gasteiger partial charge is 0.407 e. The number of cyclic esters (lactones) is 1. The number of benzene rings is 1. The van der Waals surface area contributed by atoms with E-state index >= 15 is 0 Å². The fourth-order valence-corrected chi connectivity index (χ4v) is 1.72. The number of aromatic hydroxyl groups is 1. The molecule has 0 aromatic heterocycles. The molecule has 0 bridgehead atoms. The fraction of sp³-hybridized carbons (Fsp3) is 0.364. The number of ether oxygens (including phenoxy) is 1. The van der Waals surface area contributed by atoms with Gasteiger partial charge in [-0.25, -0.2) is 4.79 Å². The predicted molar refractivity (Wildman–Crippen MR) is 54.6 cm³/mol. The van der Waals surface area contributed by atoms with Crippen LogP contribution < -0.4 is 5.32 Å². The summed E-state index contributed by atoms with van der Waals surface area (Å²) in [7, 11) is 0. The first-order valence-electron chi connectivity index (χ1n) is 4.85. The van der Waals surface area contributed by atoms with Crippen molar-refractivity contribution < 1.29 is 14.6 Å². The first-order valence-corrected chi connectivity index (χ1v) is 4.85. The Morgan fingerprint density at radius 3 is 2.67 bits per heavy atom. The number of nitrogens with one attached hydrogen (secondary N) is 1. The first kappa shape index (κ1) is 9.83. The highest BCUT2D eigenvalue weighted by atomic mass is 16.6. The third-order valence-corrected chi connectivity index (χ3v) is 2.72. The zero-order chi connectivity index (χ0) is 10.9. The van der Waals surface area contributed by atoms with E-state index in [-0.39, 0.29) is 5.75 Å². The number of phenolic OH excluding ortho intramolecular Hbond substituents is 1. The second kappa shape index (κ2) is 3.46. The molecule has 1 heterocycles. The molecule has 1 amide bonds. The highest BCUT2D eigenvalue weighted by Crippen LogP contribution is 2.28. The van der Waals surface area contributed by atoms with E-state index in [1.807, 2.05) is 6.92 Å². The number of hydrogen-bond acceptors (Lipinski definition) is 3. The summed E-state index contributed by atoms with van der Waals surface area (Å²) < 4.78 is 4.82. The van der Waals surface area contributed by atoms with E-state index in [4.69, 9.17) is 4.74 Å². The molecule has 80 valence electrons. The van der Waals surface area contributed by atoms with E-state index in [2.05, 4.69) is 5.32 Å². The van der Waals surface area contributed by atoms with Gasteiger partial charge in [0.25, 0.3) is 0 Å². The van der Waals surface area contributed by atoms with E-state index in [0.29, 0.717) is 6.61 Å². The molecule has 2 N–H and O–H groups in total. The predicted octanol–water partition coefficient (Wildman–Crippen LogP) is 1.74. The summed E-state index contributed by atoms with van der Waals surface area (Å²) >= 11 is 0. The van der Waals surface area contributed by atoms with Crippen LogP contribution in [0.5, 0.6) is 5.75 Å². The second-order valence-corrected chi connectivity index (χ2v) is 3.89. The molecule has 0 saturated carbocycles. The Morgan fingerprint density at radius 1 is 1.40 bits per heavy atom. The van der Waals surface area contributed by atoms with Crippen molar-refractivity contribution in [1.82, 2.24) is 5.32 Å². The number of hydrogen-bond donors (Lipinski definition) is 2. The summed E-state index contributed by atoms with van der Waals surface area (Å²) in [5.41, 5.74) is 0.570. The molecule has 1 saturated heterocycles. The maximum atomic E-state index is 11.1. The molecule has 2 rings (SSSR count). The summed E-state index contributed by atoms with van der Waals surface area (Å²) in [5.74, 6) is 0.223. The largest absolute Gasteiger partial charge is 0.508 e. The van der Waals surface area contributed by atoms with Gasteiger partial charge in [0.15, 0.2) is 0 Å². The Labute approximate surface area is 87.9 Å². The Kier molecular flexibility index (Phi) is 2.26. The number of carbonyl (C=O) groups is 1. The molecule has 1 unspecified atom stereocenters. The van der Waals surface area contributed by atoms with Crippen molar-refractivity contribution in [3.05, 3.63) is 29.8 Å². The Hall–Kier alpha value is -1.71. The number of phenols is 1. The average molecular weight is 207 g/mol. The molecular weight excluding hydrogens is 194 g/mol. The van der Waals surface area contributed by atoms with E-state index < -0.39 is 11.6 Å². The second-order valence-electron chi connectivity index (χ2n) is 3.89. The Bertz CT molecular complexity index is 374. The standard InChI is InChI=1S/C11H13NO3/c1-11(6-7-15-10(14)12-11)8-2-4-9(13)5-3-8/h2-5,13H,6-7H2,1H3,(H,12,14). The summed E-state index contributed by atoms with van der Waals surface area (Å²) in [4.78, 5) is 11.1. The summed E-state index contributed by atoms with van der Waals surface area (Å²) in [6.07, 6.45) is 0.334. The number of alkyl carbamates (subject to hydrolysis) is 1. The van der Waals surface area contributed by atoms with Crippen LogP contribution in [0, 0.1) is 0 Å². The van der Waals surface area contributed by atoms with Crippen molar-refractivity contribution in [2.24, 2.45) is 0 Å². The van der Waals surface area contributed by atoms with Gasteiger partial charge < -0.3 is 15.2 Å². The van der Waals surface area contributed by atoms with Crippen LogP contribution in [-0.4, -0.2) is 17.8 Å². The molecule has 1 fully saturated rings. The summed E-state index contributed by atoms with van der Waals surface area (Å²) in [5, 5.41) is 12.0. The fourth-order valence-electron chi connectivity index (χ4n) is 1.72. The third kappa shape index (κ3) is 1.88. The number of rotatable bonds is 1. The van der Waals surface area contributed by atoms with Gasteiger partial charge in [-0.3, -0.25) is 0 Å². The molecule has 0 aliphatic carbocycles.